The Hall–Kier alpha value is -1.75. The van der Waals surface area contributed by atoms with E-state index in [2.05, 4.69) is 27.3 Å². The van der Waals surface area contributed by atoms with Crippen molar-refractivity contribution < 1.29 is 4.79 Å². The summed E-state index contributed by atoms with van der Waals surface area (Å²) < 4.78 is 0. The lowest BCUT2D eigenvalue weighted by Gasteiger charge is -2.25. The average molecular weight is 303 g/mol. The molecule has 0 radical (unpaired) electrons. The van der Waals surface area contributed by atoms with Gasteiger partial charge < -0.3 is 10.2 Å². The number of amidine groups is 1. The second-order valence-corrected chi connectivity index (χ2v) is 6.04. The minimum absolute atomic E-state index is 0.0607. The highest BCUT2D eigenvalue weighted by Crippen LogP contribution is 2.33. The van der Waals surface area contributed by atoms with Crippen molar-refractivity contribution in [3.63, 3.8) is 0 Å². The number of carbonyl (C=O) groups is 1. The molecule has 1 aliphatic heterocycles. The zero-order valence-electron chi connectivity index (χ0n) is 13.1. The lowest BCUT2D eigenvalue weighted by atomic mass is 9.94. The zero-order valence-corrected chi connectivity index (χ0v) is 13.9. The van der Waals surface area contributed by atoms with Crippen molar-refractivity contribution >= 4 is 28.4 Å². The first kappa shape index (κ1) is 15.6. The molecule has 0 bridgehead atoms. The van der Waals surface area contributed by atoms with Crippen LogP contribution in [0.4, 0.5) is 5.69 Å². The van der Waals surface area contributed by atoms with Crippen molar-refractivity contribution in [2.24, 2.45) is 4.99 Å². The predicted octanol–water partition coefficient (Wildman–Crippen LogP) is 2.98. The summed E-state index contributed by atoms with van der Waals surface area (Å²) in [5.41, 5.74) is 3.80. The number of nitrogens with zero attached hydrogens (tertiary/aromatic N) is 2. The molecule has 0 saturated heterocycles. The van der Waals surface area contributed by atoms with Gasteiger partial charge in [-0.25, -0.2) is 4.99 Å². The van der Waals surface area contributed by atoms with Gasteiger partial charge >= 0.3 is 0 Å². The SMILES string of the molecule is CSC1=N[C@H](c2ccc(N(C)C)cc2)C(C(C)=O)=C(C)N1. The molecular formula is C16H21N3OS. The summed E-state index contributed by atoms with van der Waals surface area (Å²) >= 11 is 1.55. The number of benzene rings is 1. The zero-order chi connectivity index (χ0) is 15.6. The first-order chi connectivity index (χ1) is 9.93. The topological polar surface area (TPSA) is 44.7 Å². The monoisotopic (exact) mass is 303 g/mol. The first-order valence-corrected chi connectivity index (χ1v) is 8.04. The van der Waals surface area contributed by atoms with Crippen LogP contribution in [0.3, 0.4) is 0 Å². The predicted molar refractivity (Wildman–Crippen MR) is 91.0 cm³/mol. The maximum absolute atomic E-state index is 12.0. The summed E-state index contributed by atoms with van der Waals surface area (Å²) in [4.78, 5) is 18.7. The van der Waals surface area contributed by atoms with Crippen molar-refractivity contribution in [1.29, 1.82) is 0 Å². The minimum atomic E-state index is -0.220. The summed E-state index contributed by atoms with van der Waals surface area (Å²) in [7, 11) is 4.02. The Morgan fingerprint density at radius 3 is 2.38 bits per heavy atom. The van der Waals surface area contributed by atoms with Gasteiger partial charge in [0.05, 0.1) is 0 Å². The number of anilines is 1. The van der Waals surface area contributed by atoms with E-state index in [4.69, 9.17) is 0 Å². The van der Waals surface area contributed by atoms with Crippen LogP contribution >= 0.6 is 11.8 Å². The van der Waals surface area contributed by atoms with E-state index in [1.165, 1.54) is 0 Å². The Morgan fingerprint density at radius 1 is 1.29 bits per heavy atom. The molecule has 2 rings (SSSR count). The number of carbonyl (C=O) groups excluding carboxylic acids is 1. The van der Waals surface area contributed by atoms with Crippen LogP contribution in [0.25, 0.3) is 0 Å². The number of aliphatic imine (C=N–C) groups is 1. The van der Waals surface area contributed by atoms with E-state index in [-0.39, 0.29) is 11.8 Å². The molecule has 1 aromatic carbocycles. The van der Waals surface area contributed by atoms with Crippen molar-refractivity contribution in [3.8, 4) is 0 Å². The average Bonchev–Trinajstić information content (AvgIpc) is 2.45. The van der Waals surface area contributed by atoms with Crippen LogP contribution in [-0.4, -0.2) is 31.3 Å². The molecule has 112 valence electrons. The molecule has 0 amide bonds. The van der Waals surface area contributed by atoms with Gasteiger partial charge in [-0.1, -0.05) is 23.9 Å². The lowest BCUT2D eigenvalue weighted by Crippen LogP contribution is -2.28. The van der Waals surface area contributed by atoms with Crippen molar-refractivity contribution in [2.45, 2.75) is 19.9 Å². The summed E-state index contributed by atoms with van der Waals surface area (Å²) in [6, 6.07) is 7.98. The Balaban J connectivity index is 2.44. The van der Waals surface area contributed by atoms with Crippen LogP contribution in [-0.2, 0) is 4.79 Å². The quantitative estimate of drug-likeness (QED) is 0.932. The number of nitrogens with one attached hydrogen (secondary N) is 1. The van der Waals surface area contributed by atoms with E-state index in [9.17, 15) is 4.79 Å². The highest BCUT2D eigenvalue weighted by molar-refractivity contribution is 8.13. The largest absolute Gasteiger partial charge is 0.378 e. The standard InChI is InChI=1S/C16H21N3OS/c1-10-14(11(2)20)15(18-16(17-10)21-5)12-6-8-13(9-7-12)19(3)4/h6-9,15H,1-5H3,(H,17,18)/t15-/m1/s1. The van der Waals surface area contributed by atoms with Crippen LogP contribution in [0.15, 0.2) is 40.5 Å². The van der Waals surface area contributed by atoms with Gasteiger partial charge in [0.15, 0.2) is 11.0 Å². The number of hydrogen-bond acceptors (Lipinski definition) is 5. The van der Waals surface area contributed by atoms with Gasteiger partial charge in [-0.05, 0) is 37.8 Å². The van der Waals surface area contributed by atoms with Crippen LogP contribution in [0.2, 0.25) is 0 Å². The van der Waals surface area contributed by atoms with Crippen molar-refractivity contribution in [1.82, 2.24) is 5.32 Å². The van der Waals surface area contributed by atoms with Crippen LogP contribution in [0.1, 0.15) is 25.5 Å². The fourth-order valence-electron chi connectivity index (χ4n) is 2.40. The fourth-order valence-corrected chi connectivity index (χ4v) is 2.87. The summed E-state index contributed by atoms with van der Waals surface area (Å²) in [6.07, 6.45) is 1.98. The molecule has 1 aromatic rings. The third-order valence-electron chi connectivity index (χ3n) is 3.52. The molecule has 0 unspecified atom stereocenters. The van der Waals surface area contributed by atoms with E-state index in [1.807, 2.05) is 39.4 Å². The number of rotatable bonds is 3. The number of allylic oxidation sites excluding steroid dienone is 1. The van der Waals surface area contributed by atoms with Crippen LogP contribution < -0.4 is 10.2 Å². The van der Waals surface area contributed by atoms with E-state index in [0.29, 0.717) is 0 Å². The van der Waals surface area contributed by atoms with Gasteiger partial charge in [-0.3, -0.25) is 4.79 Å². The molecule has 0 aromatic heterocycles. The lowest BCUT2D eigenvalue weighted by molar-refractivity contribution is -0.113. The van der Waals surface area contributed by atoms with Gasteiger partial charge in [0.1, 0.15) is 6.04 Å². The Kier molecular flexibility index (Phi) is 4.73. The number of thioether (sulfide) groups is 1. The maximum atomic E-state index is 12.0. The Morgan fingerprint density at radius 2 is 1.90 bits per heavy atom. The molecule has 4 nitrogen and oxygen atoms in total. The number of Topliss-reactive ketones (excluding diaryl/α,β-unsaturated/α-hetero) is 1. The van der Waals surface area contributed by atoms with Gasteiger partial charge in [0, 0.05) is 31.1 Å². The molecule has 0 aliphatic carbocycles. The summed E-state index contributed by atoms with van der Waals surface area (Å²) in [5, 5.41) is 4.04. The van der Waals surface area contributed by atoms with Crippen molar-refractivity contribution in [3.05, 3.63) is 41.1 Å². The molecule has 5 heteroatoms. The summed E-state index contributed by atoms with van der Waals surface area (Å²) in [5.74, 6) is 0.0607. The number of ketones is 1. The smallest absolute Gasteiger partial charge is 0.161 e. The van der Waals surface area contributed by atoms with E-state index >= 15 is 0 Å². The van der Waals surface area contributed by atoms with Gasteiger partial charge in [0.2, 0.25) is 0 Å². The molecule has 0 spiro atoms. The second kappa shape index (κ2) is 6.35. The Labute approximate surface area is 130 Å². The van der Waals surface area contributed by atoms with Crippen LogP contribution in [0, 0.1) is 0 Å². The number of hydrogen-bond donors (Lipinski definition) is 1. The first-order valence-electron chi connectivity index (χ1n) is 6.82. The molecule has 21 heavy (non-hydrogen) atoms. The highest BCUT2D eigenvalue weighted by Gasteiger charge is 2.26. The van der Waals surface area contributed by atoms with Gasteiger partial charge in [-0.15, -0.1) is 0 Å². The van der Waals surface area contributed by atoms with Gasteiger partial charge in [0.25, 0.3) is 0 Å². The maximum Gasteiger partial charge on any atom is 0.161 e. The van der Waals surface area contributed by atoms with E-state index in [0.717, 1.165) is 27.7 Å². The third kappa shape index (κ3) is 3.29. The van der Waals surface area contributed by atoms with Crippen molar-refractivity contribution in [2.75, 3.05) is 25.3 Å². The van der Waals surface area contributed by atoms with E-state index in [1.54, 1.807) is 18.7 Å². The molecule has 1 N–H and O–H groups in total. The molecule has 1 aliphatic rings. The molecule has 0 fully saturated rings. The molecule has 1 atom stereocenters. The minimum Gasteiger partial charge on any atom is -0.378 e. The van der Waals surface area contributed by atoms with Crippen LogP contribution in [0.5, 0.6) is 0 Å². The van der Waals surface area contributed by atoms with E-state index < -0.39 is 0 Å². The molecule has 0 saturated carbocycles. The highest BCUT2D eigenvalue weighted by atomic mass is 32.2. The fraction of sp³-hybridized carbons (Fsp3) is 0.375. The Bertz CT molecular complexity index is 602. The van der Waals surface area contributed by atoms with Gasteiger partial charge in [-0.2, -0.15) is 0 Å². The molecular weight excluding hydrogens is 282 g/mol. The third-order valence-corrected chi connectivity index (χ3v) is 4.11. The molecule has 1 heterocycles. The summed E-state index contributed by atoms with van der Waals surface area (Å²) in [6.45, 7) is 3.53. The normalized spacial score (nSPS) is 18.1. The second-order valence-electron chi connectivity index (χ2n) is 5.25.